The van der Waals surface area contributed by atoms with Gasteiger partial charge in [-0.25, -0.2) is 4.98 Å². The van der Waals surface area contributed by atoms with Gasteiger partial charge in [0.2, 0.25) is 0 Å². The number of thioether (sulfide) groups is 1. The number of aromatic nitrogens is 2. The van der Waals surface area contributed by atoms with Crippen LogP contribution < -0.4 is 4.74 Å². The van der Waals surface area contributed by atoms with Crippen LogP contribution in [0.2, 0.25) is 0 Å². The number of nitrogens with one attached hydrogen (secondary N) is 1. The highest BCUT2D eigenvalue weighted by Gasteiger charge is 2.16. The Bertz CT molecular complexity index is 1090. The van der Waals surface area contributed by atoms with Gasteiger partial charge in [0.15, 0.2) is 5.16 Å². The molecule has 1 heterocycles. The maximum atomic E-state index is 5.60. The number of ether oxygens (including phenoxy) is 1. The van der Waals surface area contributed by atoms with E-state index in [0.29, 0.717) is 5.92 Å². The summed E-state index contributed by atoms with van der Waals surface area (Å²) >= 11 is 1.74. The average Bonchev–Trinajstić information content (AvgIpc) is 3.23. The zero-order valence-electron chi connectivity index (χ0n) is 18.5. The van der Waals surface area contributed by atoms with E-state index in [1.165, 1.54) is 16.7 Å². The number of nitrogens with zero attached hydrogens (tertiary/aromatic N) is 1. The largest absolute Gasteiger partial charge is 0.496 e. The van der Waals surface area contributed by atoms with Crippen LogP contribution >= 0.6 is 11.8 Å². The molecule has 0 saturated carbocycles. The van der Waals surface area contributed by atoms with Gasteiger partial charge in [-0.1, -0.05) is 92.3 Å². The Morgan fingerprint density at radius 1 is 0.935 bits per heavy atom. The highest BCUT2D eigenvalue weighted by molar-refractivity contribution is 7.98. The number of aromatic amines is 1. The summed E-state index contributed by atoms with van der Waals surface area (Å²) in [6.45, 7) is 6.55. The van der Waals surface area contributed by atoms with Crippen molar-refractivity contribution in [1.29, 1.82) is 0 Å². The standard InChI is InChI=1S/C27H28N2OS/c1-18(2)23-16-22(19(3)15-24(23)30-4)17-31-27-28-25(20-11-7-5-8-12-20)26(29-27)21-13-9-6-10-14-21/h5-16,18H,17H2,1-4H3,(H,28,29). The lowest BCUT2D eigenvalue weighted by Crippen LogP contribution is -1.98. The van der Waals surface area contributed by atoms with Crippen LogP contribution in [0.5, 0.6) is 5.75 Å². The first-order valence-corrected chi connectivity index (χ1v) is 11.6. The Kier molecular flexibility index (Phi) is 6.47. The van der Waals surface area contributed by atoms with E-state index in [1.54, 1.807) is 18.9 Å². The summed E-state index contributed by atoms with van der Waals surface area (Å²) in [7, 11) is 1.74. The third-order valence-electron chi connectivity index (χ3n) is 5.47. The monoisotopic (exact) mass is 428 g/mol. The molecule has 0 radical (unpaired) electrons. The first-order chi connectivity index (χ1) is 15.1. The SMILES string of the molecule is COc1cc(C)c(CSc2nc(-c3ccccc3)c(-c3ccccc3)[nH]2)cc1C(C)C. The van der Waals surface area contributed by atoms with Crippen LogP contribution in [-0.2, 0) is 5.75 Å². The maximum Gasteiger partial charge on any atom is 0.166 e. The Morgan fingerprint density at radius 3 is 2.19 bits per heavy atom. The molecule has 0 aliphatic carbocycles. The third-order valence-corrected chi connectivity index (χ3v) is 6.39. The summed E-state index contributed by atoms with van der Waals surface area (Å²) in [6, 6.07) is 25.2. The fraction of sp³-hybridized carbons (Fsp3) is 0.222. The minimum atomic E-state index is 0.414. The molecule has 0 atom stereocenters. The second-order valence-electron chi connectivity index (χ2n) is 7.96. The zero-order valence-corrected chi connectivity index (χ0v) is 19.3. The number of hydrogen-bond acceptors (Lipinski definition) is 3. The molecular formula is C27H28N2OS. The van der Waals surface area contributed by atoms with Crippen molar-refractivity contribution in [2.75, 3.05) is 7.11 Å². The first kappa shape index (κ1) is 21.3. The summed E-state index contributed by atoms with van der Waals surface area (Å²) < 4.78 is 5.60. The number of aryl methyl sites for hydroxylation is 1. The van der Waals surface area contributed by atoms with Crippen LogP contribution in [0, 0.1) is 6.92 Å². The van der Waals surface area contributed by atoms with E-state index in [4.69, 9.17) is 9.72 Å². The molecule has 1 N–H and O–H groups in total. The highest BCUT2D eigenvalue weighted by Crippen LogP contribution is 2.35. The van der Waals surface area contributed by atoms with Crippen molar-refractivity contribution in [1.82, 2.24) is 9.97 Å². The van der Waals surface area contributed by atoms with Gasteiger partial charge in [-0.05, 0) is 35.6 Å². The smallest absolute Gasteiger partial charge is 0.166 e. The number of methoxy groups -OCH3 is 1. The summed E-state index contributed by atoms with van der Waals surface area (Å²) in [5.74, 6) is 2.24. The number of rotatable bonds is 7. The molecule has 0 bridgehead atoms. The lowest BCUT2D eigenvalue weighted by Gasteiger charge is -2.15. The molecule has 0 aliphatic heterocycles. The zero-order chi connectivity index (χ0) is 21.8. The van der Waals surface area contributed by atoms with Gasteiger partial charge in [0.05, 0.1) is 18.5 Å². The second kappa shape index (κ2) is 9.44. The Morgan fingerprint density at radius 2 is 1.58 bits per heavy atom. The van der Waals surface area contributed by atoms with Crippen molar-refractivity contribution in [2.45, 2.75) is 37.6 Å². The number of imidazole rings is 1. The molecule has 0 saturated heterocycles. The quantitative estimate of drug-likeness (QED) is 0.310. The van der Waals surface area contributed by atoms with E-state index in [0.717, 1.165) is 39.2 Å². The summed E-state index contributed by atoms with van der Waals surface area (Å²) in [5.41, 5.74) is 8.11. The van der Waals surface area contributed by atoms with E-state index in [-0.39, 0.29) is 0 Å². The van der Waals surface area contributed by atoms with Gasteiger partial charge in [-0.2, -0.15) is 0 Å². The molecule has 0 amide bonds. The van der Waals surface area contributed by atoms with Crippen LogP contribution in [0.3, 0.4) is 0 Å². The van der Waals surface area contributed by atoms with Gasteiger partial charge in [-0.3, -0.25) is 0 Å². The first-order valence-electron chi connectivity index (χ1n) is 10.6. The molecule has 0 fully saturated rings. The molecule has 4 heteroatoms. The fourth-order valence-electron chi connectivity index (χ4n) is 3.71. The minimum absolute atomic E-state index is 0.414. The maximum absolute atomic E-state index is 5.60. The van der Waals surface area contributed by atoms with E-state index in [2.05, 4.69) is 86.4 Å². The predicted octanol–water partition coefficient (Wildman–Crippen LogP) is 7.48. The van der Waals surface area contributed by atoms with Crippen LogP contribution in [0.1, 0.15) is 36.5 Å². The molecule has 4 rings (SSSR count). The second-order valence-corrected chi connectivity index (χ2v) is 8.93. The predicted molar refractivity (Wildman–Crippen MR) is 131 cm³/mol. The summed E-state index contributed by atoms with van der Waals surface area (Å²) in [4.78, 5) is 8.55. The Balaban J connectivity index is 1.66. The number of H-pyrrole nitrogens is 1. The highest BCUT2D eigenvalue weighted by atomic mass is 32.2. The van der Waals surface area contributed by atoms with E-state index < -0.39 is 0 Å². The van der Waals surface area contributed by atoms with Gasteiger partial charge in [0.1, 0.15) is 5.75 Å². The molecule has 0 aliphatic rings. The van der Waals surface area contributed by atoms with Gasteiger partial charge in [-0.15, -0.1) is 0 Å². The number of benzene rings is 3. The fourth-order valence-corrected chi connectivity index (χ4v) is 4.65. The summed E-state index contributed by atoms with van der Waals surface area (Å²) in [6.07, 6.45) is 0. The Hall–Kier alpha value is -2.98. The van der Waals surface area contributed by atoms with Crippen LogP contribution in [0.4, 0.5) is 0 Å². The van der Waals surface area contributed by atoms with Crippen molar-refractivity contribution in [3.8, 4) is 28.3 Å². The molecule has 158 valence electrons. The van der Waals surface area contributed by atoms with Crippen molar-refractivity contribution in [3.05, 3.63) is 89.5 Å². The molecule has 0 unspecified atom stereocenters. The molecule has 1 aromatic heterocycles. The van der Waals surface area contributed by atoms with Crippen molar-refractivity contribution in [2.24, 2.45) is 0 Å². The minimum Gasteiger partial charge on any atom is -0.496 e. The lowest BCUT2D eigenvalue weighted by molar-refractivity contribution is 0.407. The van der Waals surface area contributed by atoms with Gasteiger partial charge >= 0.3 is 0 Å². The van der Waals surface area contributed by atoms with Crippen molar-refractivity contribution >= 4 is 11.8 Å². The molecular weight excluding hydrogens is 400 g/mol. The van der Waals surface area contributed by atoms with E-state index in [1.807, 2.05) is 12.1 Å². The molecule has 0 spiro atoms. The van der Waals surface area contributed by atoms with Gasteiger partial charge < -0.3 is 9.72 Å². The van der Waals surface area contributed by atoms with E-state index >= 15 is 0 Å². The summed E-state index contributed by atoms with van der Waals surface area (Å²) in [5, 5.41) is 0.930. The lowest BCUT2D eigenvalue weighted by atomic mass is 9.97. The number of hydrogen-bond donors (Lipinski definition) is 1. The van der Waals surface area contributed by atoms with Crippen LogP contribution in [0.25, 0.3) is 22.5 Å². The topological polar surface area (TPSA) is 37.9 Å². The van der Waals surface area contributed by atoms with Crippen LogP contribution in [0.15, 0.2) is 78.0 Å². The molecule has 4 aromatic rings. The molecule has 31 heavy (non-hydrogen) atoms. The molecule has 3 aromatic carbocycles. The molecule has 3 nitrogen and oxygen atoms in total. The van der Waals surface area contributed by atoms with Crippen molar-refractivity contribution < 1.29 is 4.74 Å². The Labute approximate surface area is 188 Å². The third kappa shape index (κ3) is 4.70. The van der Waals surface area contributed by atoms with E-state index in [9.17, 15) is 0 Å². The van der Waals surface area contributed by atoms with Crippen LogP contribution in [-0.4, -0.2) is 17.1 Å². The normalized spacial score (nSPS) is 11.1. The van der Waals surface area contributed by atoms with Crippen molar-refractivity contribution in [3.63, 3.8) is 0 Å². The average molecular weight is 429 g/mol. The van der Waals surface area contributed by atoms with Gasteiger partial charge in [0.25, 0.3) is 0 Å². The van der Waals surface area contributed by atoms with Gasteiger partial charge in [0, 0.05) is 16.9 Å².